The molecule has 0 aliphatic carbocycles. The van der Waals surface area contributed by atoms with E-state index in [0.29, 0.717) is 25.3 Å². The van der Waals surface area contributed by atoms with E-state index in [0.717, 1.165) is 18.0 Å². The predicted octanol–water partition coefficient (Wildman–Crippen LogP) is 2.58. The number of carbonyl (C=O) groups is 1. The first-order valence-corrected chi connectivity index (χ1v) is 8.30. The first kappa shape index (κ1) is 20.7. The number of carbonyl (C=O) groups excluding carboxylic acids is 1. The quantitative estimate of drug-likeness (QED) is 0.877. The Morgan fingerprint density at radius 1 is 1.29 bits per heavy atom. The van der Waals surface area contributed by atoms with Gasteiger partial charge in [-0.3, -0.25) is 4.79 Å². The molecule has 5 nitrogen and oxygen atoms in total. The highest BCUT2D eigenvalue weighted by Gasteiger charge is 2.23. The number of nitrogens with two attached hydrogens (primary N) is 1. The number of halogens is 2. The van der Waals surface area contributed by atoms with Gasteiger partial charge < -0.3 is 15.5 Å². The number of aromatic nitrogens is 1. The van der Waals surface area contributed by atoms with Gasteiger partial charge >= 0.3 is 0 Å². The van der Waals surface area contributed by atoms with Gasteiger partial charge in [0.25, 0.3) is 5.91 Å². The Kier molecular flexibility index (Phi) is 7.96. The summed E-state index contributed by atoms with van der Waals surface area (Å²) in [5, 5.41) is 2.77. The molecular weight excluding hydrogens is 367 g/mol. The van der Waals surface area contributed by atoms with Crippen molar-refractivity contribution in [1.29, 1.82) is 0 Å². The van der Waals surface area contributed by atoms with Crippen LogP contribution in [0.2, 0.25) is 0 Å². The van der Waals surface area contributed by atoms with Gasteiger partial charge in [-0.2, -0.15) is 0 Å². The van der Waals surface area contributed by atoms with Crippen LogP contribution in [0.3, 0.4) is 0 Å². The maximum atomic E-state index is 12.7. The van der Waals surface area contributed by atoms with Crippen LogP contribution in [0.1, 0.15) is 21.1 Å². The number of nitrogens with zero attached hydrogens (tertiary/aromatic N) is 3. The molecule has 0 atom stereocenters. The van der Waals surface area contributed by atoms with Crippen molar-refractivity contribution in [1.82, 2.24) is 9.88 Å². The fourth-order valence-electron chi connectivity index (χ4n) is 2.68. The second kappa shape index (κ2) is 9.22. The fourth-order valence-corrected chi connectivity index (χ4v) is 3.46. The van der Waals surface area contributed by atoms with Crippen LogP contribution in [-0.2, 0) is 13.0 Å². The first-order valence-electron chi connectivity index (χ1n) is 7.42. The summed E-state index contributed by atoms with van der Waals surface area (Å²) >= 11 is 1.51. The fraction of sp³-hybridized carbons (Fsp3) is 0.375. The van der Waals surface area contributed by atoms with Gasteiger partial charge in [-0.1, -0.05) is 18.2 Å². The molecule has 2 heterocycles. The molecular formula is C16H22Cl2N4OS. The largest absolute Gasteiger partial charge is 0.373 e. The molecule has 1 aliphatic rings. The minimum Gasteiger partial charge on any atom is -0.373 e. The van der Waals surface area contributed by atoms with Crippen molar-refractivity contribution >= 4 is 47.7 Å². The lowest BCUT2D eigenvalue weighted by Crippen LogP contribution is -2.34. The Hall–Kier alpha value is -1.34. The summed E-state index contributed by atoms with van der Waals surface area (Å²) < 4.78 is 0. The Morgan fingerprint density at radius 3 is 2.79 bits per heavy atom. The number of rotatable bonds is 3. The van der Waals surface area contributed by atoms with Gasteiger partial charge in [0.05, 0.1) is 5.01 Å². The number of para-hydroxylation sites is 1. The highest BCUT2D eigenvalue weighted by molar-refractivity contribution is 7.09. The van der Waals surface area contributed by atoms with E-state index in [1.807, 2.05) is 22.4 Å². The van der Waals surface area contributed by atoms with Crippen LogP contribution < -0.4 is 10.6 Å². The van der Waals surface area contributed by atoms with E-state index in [-0.39, 0.29) is 30.7 Å². The van der Waals surface area contributed by atoms with Crippen LogP contribution in [0.4, 0.5) is 5.69 Å². The SMILES string of the molecule is CN1CCN(C(=O)c2csc(CCN)n2)Cc2ccccc21.Cl.Cl. The standard InChI is InChI=1S/C16H20N4OS.2ClH/c1-19-8-9-20(10-12-4-2-3-5-14(12)19)16(21)13-11-22-15(18-13)6-7-17;;/h2-5,11H,6-10,17H2,1H3;2*1H. The molecule has 0 unspecified atom stereocenters. The Bertz CT molecular complexity index is 680. The number of amides is 1. The zero-order valence-electron chi connectivity index (χ0n) is 13.5. The van der Waals surface area contributed by atoms with Gasteiger partial charge in [-0.15, -0.1) is 36.2 Å². The van der Waals surface area contributed by atoms with Crippen molar-refractivity contribution in [2.24, 2.45) is 5.73 Å². The molecule has 2 N–H and O–H groups in total. The highest BCUT2D eigenvalue weighted by atomic mass is 35.5. The van der Waals surface area contributed by atoms with Crippen molar-refractivity contribution in [3.05, 3.63) is 45.9 Å². The summed E-state index contributed by atoms with van der Waals surface area (Å²) in [6, 6.07) is 8.24. The molecule has 24 heavy (non-hydrogen) atoms. The molecule has 0 saturated carbocycles. The number of likely N-dealkylation sites (N-methyl/N-ethyl adjacent to an activating group) is 1. The van der Waals surface area contributed by atoms with Gasteiger partial charge in [-0.25, -0.2) is 4.98 Å². The molecule has 3 rings (SSSR count). The number of anilines is 1. The molecule has 2 aromatic rings. The summed E-state index contributed by atoms with van der Waals surface area (Å²) in [4.78, 5) is 21.2. The Morgan fingerprint density at radius 2 is 2.04 bits per heavy atom. The van der Waals surface area contributed by atoms with Crippen molar-refractivity contribution in [2.45, 2.75) is 13.0 Å². The van der Waals surface area contributed by atoms with E-state index in [4.69, 9.17) is 5.73 Å². The summed E-state index contributed by atoms with van der Waals surface area (Å²) in [5.74, 6) is 0.00428. The van der Waals surface area contributed by atoms with Gasteiger partial charge in [0.15, 0.2) is 0 Å². The number of hydrogen-bond acceptors (Lipinski definition) is 5. The summed E-state index contributed by atoms with van der Waals surface area (Å²) in [6.07, 6.45) is 0.726. The summed E-state index contributed by atoms with van der Waals surface area (Å²) in [6.45, 7) is 2.71. The molecule has 0 spiro atoms. The number of benzene rings is 1. The molecule has 0 bridgehead atoms. The van der Waals surface area contributed by atoms with Gasteiger partial charge in [0.1, 0.15) is 5.69 Å². The number of thiazole rings is 1. The Labute approximate surface area is 158 Å². The van der Waals surface area contributed by atoms with Crippen LogP contribution >= 0.6 is 36.2 Å². The third-order valence-electron chi connectivity index (χ3n) is 3.89. The van der Waals surface area contributed by atoms with Crippen molar-refractivity contribution in [3.8, 4) is 0 Å². The monoisotopic (exact) mass is 388 g/mol. The lowest BCUT2D eigenvalue weighted by atomic mass is 10.1. The maximum absolute atomic E-state index is 12.7. The third-order valence-corrected chi connectivity index (χ3v) is 4.79. The average Bonchev–Trinajstić information content (AvgIpc) is 2.92. The Balaban J connectivity index is 0.00000144. The van der Waals surface area contributed by atoms with Crippen LogP contribution in [0.25, 0.3) is 0 Å². The van der Waals surface area contributed by atoms with E-state index >= 15 is 0 Å². The molecule has 8 heteroatoms. The molecule has 0 radical (unpaired) electrons. The first-order chi connectivity index (χ1) is 10.7. The molecule has 1 aromatic heterocycles. The second-order valence-electron chi connectivity index (χ2n) is 5.44. The predicted molar refractivity (Wildman–Crippen MR) is 104 cm³/mol. The third kappa shape index (κ3) is 4.39. The lowest BCUT2D eigenvalue weighted by Gasteiger charge is -2.20. The normalized spacial score (nSPS) is 13.4. The maximum Gasteiger partial charge on any atom is 0.273 e. The molecule has 1 aliphatic heterocycles. The van der Waals surface area contributed by atoms with Gasteiger partial charge in [0.2, 0.25) is 0 Å². The molecule has 0 saturated heterocycles. The highest BCUT2D eigenvalue weighted by Crippen LogP contribution is 2.24. The number of hydrogen-bond donors (Lipinski definition) is 1. The summed E-state index contributed by atoms with van der Waals surface area (Å²) in [7, 11) is 2.06. The minimum atomic E-state index is 0. The zero-order valence-corrected chi connectivity index (χ0v) is 15.9. The van der Waals surface area contributed by atoms with Crippen LogP contribution in [0.15, 0.2) is 29.6 Å². The minimum absolute atomic E-state index is 0. The molecule has 1 amide bonds. The molecule has 0 fully saturated rings. The van der Waals surface area contributed by atoms with E-state index in [1.54, 1.807) is 0 Å². The van der Waals surface area contributed by atoms with Crippen molar-refractivity contribution in [3.63, 3.8) is 0 Å². The second-order valence-corrected chi connectivity index (χ2v) is 6.38. The zero-order chi connectivity index (χ0) is 15.5. The topological polar surface area (TPSA) is 62.5 Å². The van der Waals surface area contributed by atoms with Crippen molar-refractivity contribution < 1.29 is 4.79 Å². The smallest absolute Gasteiger partial charge is 0.273 e. The average molecular weight is 389 g/mol. The van der Waals surface area contributed by atoms with Crippen LogP contribution in [0.5, 0.6) is 0 Å². The number of fused-ring (bicyclic) bond motifs is 1. The van der Waals surface area contributed by atoms with Crippen LogP contribution in [-0.4, -0.2) is 42.5 Å². The lowest BCUT2D eigenvalue weighted by molar-refractivity contribution is 0.0746. The van der Waals surface area contributed by atoms with Crippen molar-refractivity contribution in [2.75, 3.05) is 31.6 Å². The van der Waals surface area contributed by atoms with Crippen LogP contribution in [0, 0.1) is 0 Å². The molecule has 132 valence electrons. The van der Waals surface area contributed by atoms with E-state index < -0.39 is 0 Å². The van der Waals surface area contributed by atoms with E-state index in [9.17, 15) is 4.79 Å². The van der Waals surface area contributed by atoms with Gasteiger partial charge in [0, 0.05) is 44.2 Å². The molecule has 1 aromatic carbocycles. The van der Waals surface area contributed by atoms with Gasteiger partial charge in [-0.05, 0) is 18.2 Å². The van der Waals surface area contributed by atoms with E-state index in [1.165, 1.54) is 22.6 Å². The summed E-state index contributed by atoms with van der Waals surface area (Å²) in [5.41, 5.74) is 8.45. The van der Waals surface area contributed by atoms with E-state index in [2.05, 4.69) is 29.1 Å².